The Morgan fingerprint density at radius 2 is 2.04 bits per heavy atom. The largest absolute Gasteiger partial charge is 0.466 e. The number of carbonyl (C=O) groups is 1. The Kier molecular flexibility index (Phi) is 5.65. The van der Waals surface area contributed by atoms with Crippen molar-refractivity contribution in [1.29, 1.82) is 0 Å². The maximum atomic E-state index is 11.8. The van der Waals surface area contributed by atoms with E-state index in [0.29, 0.717) is 25.5 Å². The average molecular weight is 392 g/mol. The van der Waals surface area contributed by atoms with Crippen LogP contribution in [0.15, 0.2) is 22.8 Å². The van der Waals surface area contributed by atoms with Crippen LogP contribution in [0.5, 0.6) is 0 Å². The number of aryl methyl sites for hydroxylation is 2. The third-order valence-electron chi connectivity index (χ3n) is 5.05. The first-order valence-corrected chi connectivity index (χ1v) is 9.85. The highest BCUT2D eigenvalue weighted by Crippen LogP contribution is 2.42. The number of esters is 1. The van der Waals surface area contributed by atoms with E-state index in [1.165, 1.54) is 54.1 Å². The summed E-state index contributed by atoms with van der Waals surface area (Å²) in [5.74, 6) is 0.500. The molecule has 0 amide bonds. The van der Waals surface area contributed by atoms with Gasteiger partial charge in [-0.2, -0.15) is 0 Å². The lowest BCUT2D eigenvalue weighted by Crippen LogP contribution is -2.10. The molecule has 0 bridgehead atoms. The third-order valence-corrected chi connectivity index (χ3v) is 5.91. The molecule has 0 saturated heterocycles. The van der Waals surface area contributed by atoms with Gasteiger partial charge in [0, 0.05) is 17.4 Å². The second kappa shape index (κ2) is 7.73. The number of aromatic nitrogens is 1. The lowest BCUT2D eigenvalue weighted by Gasteiger charge is -2.22. The molecule has 0 atom stereocenters. The summed E-state index contributed by atoms with van der Waals surface area (Å²) in [5, 5.41) is 1.34. The second-order valence-corrected chi connectivity index (χ2v) is 7.52. The van der Waals surface area contributed by atoms with Gasteiger partial charge in [-0.05, 0) is 65.7 Å². The van der Waals surface area contributed by atoms with Gasteiger partial charge in [0.1, 0.15) is 0 Å². The zero-order valence-electron chi connectivity index (χ0n) is 14.6. The molecule has 4 heteroatoms. The normalized spacial score (nSPS) is 15.8. The fraction of sp³-hybridized carbons (Fsp3) is 0.550. The van der Waals surface area contributed by atoms with E-state index in [0.717, 1.165) is 4.60 Å². The van der Waals surface area contributed by atoms with Crippen LogP contribution in [0.2, 0.25) is 0 Å². The molecule has 0 unspecified atom stereocenters. The van der Waals surface area contributed by atoms with Crippen LogP contribution in [0.25, 0.3) is 10.9 Å². The van der Waals surface area contributed by atoms with E-state index in [1.807, 2.05) is 6.92 Å². The smallest absolute Gasteiger partial charge is 0.307 e. The molecule has 1 saturated carbocycles. The van der Waals surface area contributed by atoms with Gasteiger partial charge in [0.2, 0.25) is 0 Å². The summed E-state index contributed by atoms with van der Waals surface area (Å²) in [6.07, 6.45) is 6.94. The van der Waals surface area contributed by atoms with Crippen LogP contribution < -0.4 is 0 Å². The van der Waals surface area contributed by atoms with Crippen molar-refractivity contribution in [3.63, 3.8) is 0 Å². The van der Waals surface area contributed by atoms with Gasteiger partial charge in [-0.1, -0.05) is 31.4 Å². The van der Waals surface area contributed by atoms with E-state index in [9.17, 15) is 4.79 Å². The van der Waals surface area contributed by atoms with Crippen LogP contribution in [-0.2, 0) is 16.1 Å². The van der Waals surface area contributed by atoms with Gasteiger partial charge in [-0.25, -0.2) is 0 Å². The zero-order valence-corrected chi connectivity index (χ0v) is 16.2. The molecule has 0 spiro atoms. The number of benzene rings is 1. The van der Waals surface area contributed by atoms with Crippen molar-refractivity contribution in [2.75, 3.05) is 6.61 Å². The standard InChI is InChI=1S/C20H26BrNO2/c1-3-24-18(23)11-12-22-17-13-14(2)9-10-16(17)19(20(22)21)15-7-5-4-6-8-15/h9-10,13,15H,3-8,11-12H2,1-2H3. The van der Waals surface area contributed by atoms with Gasteiger partial charge in [0.05, 0.1) is 17.6 Å². The van der Waals surface area contributed by atoms with E-state index in [1.54, 1.807) is 0 Å². The van der Waals surface area contributed by atoms with Gasteiger partial charge >= 0.3 is 5.97 Å². The van der Waals surface area contributed by atoms with Crippen molar-refractivity contribution in [3.05, 3.63) is 33.9 Å². The number of halogens is 1. The van der Waals surface area contributed by atoms with Crippen LogP contribution in [0.4, 0.5) is 0 Å². The average Bonchev–Trinajstić information content (AvgIpc) is 2.85. The summed E-state index contributed by atoms with van der Waals surface area (Å²) in [6, 6.07) is 6.68. The van der Waals surface area contributed by atoms with E-state index in [4.69, 9.17) is 4.74 Å². The fourth-order valence-electron chi connectivity index (χ4n) is 3.89. The van der Waals surface area contributed by atoms with Crippen LogP contribution in [0, 0.1) is 6.92 Å². The lowest BCUT2D eigenvalue weighted by atomic mass is 9.84. The van der Waals surface area contributed by atoms with Crippen molar-refractivity contribution in [3.8, 4) is 0 Å². The Morgan fingerprint density at radius 3 is 2.75 bits per heavy atom. The van der Waals surface area contributed by atoms with Gasteiger partial charge in [0.25, 0.3) is 0 Å². The van der Waals surface area contributed by atoms with Crippen molar-refractivity contribution in [2.45, 2.75) is 64.8 Å². The first-order chi connectivity index (χ1) is 11.6. The SMILES string of the molecule is CCOC(=O)CCn1c(Br)c(C2CCCCC2)c2ccc(C)cc21. The second-order valence-electron chi connectivity index (χ2n) is 6.77. The molecule has 1 fully saturated rings. The van der Waals surface area contributed by atoms with Crippen molar-refractivity contribution >= 4 is 32.8 Å². The number of ether oxygens (including phenoxy) is 1. The predicted molar refractivity (Wildman–Crippen MR) is 101 cm³/mol. The van der Waals surface area contributed by atoms with Crippen molar-refractivity contribution < 1.29 is 9.53 Å². The van der Waals surface area contributed by atoms with E-state index in [-0.39, 0.29) is 5.97 Å². The molecule has 1 aliphatic rings. The lowest BCUT2D eigenvalue weighted by molar-refractivity contribution is -0.143. The van der Waals surface area contributed by atoms with Gasteiger partial charge in [0.15, 0.2) is 0 Å². The highest BCUT2D eigenvalue weighted by Gasteiger charge is 2.24. The molecule has 1 aliphatic carbocycles. The van der Waals surface area contributed by atoms with Crippen molar-refractivity contribution in [2.24, 2.45) is 0 Å². The van der Waals surface area contributed by atoms with E-state index in [2.05, 4.69) is 45.6 Å². The van der Waals surface area contributed by atoms with Crippen LogP contribution >= 0.6 is 15.9 Å². The minimum Gasteiger partial charge on any atom is -0.466 e. The third kappa shape index (κ3) is 3.53. The molecular formula is C20H26BrNO2. The molecule has 24 heavy (non-hydrogen) atoms. The molecule has 1 aromatic carbocycles. The monoisotopic (exact) mass is 391 g/mol. The molecule has 130 valence electrons. The molecule has 3 nitrogen and oxygen atoms in total. The predicted octanol–water partition coefficient (Wildman–Crippen LogP) is 5.71. The minimum atomic E-state index is -0.127. The number of fused-ring (bicyclic) bond motifs is 1. The van der Waals surface area contributed by atoms with Crippen LogP contribution in [0.1, 0.15) is 62.5 Å². The minimum absolute atomic E-state index is 0.127. The number of rotatable bonds is 5. The molecular weight excluding hydrogens is 366 g/mol. The topological polar surface area (TPSA) is 31.2 Å². The maximum absolute atomic E-state index is 11.8. The molecule has 1 heterocycles. The molecule has 0 radical (unpaired) electrons. The Morgan fingerprint density at radius 1 is 1.29 bits per heavy atom. The summed E-state index contributed by atoms with van der Waals surface area (Å²) >= 11 is 3.85. The zero-order chi connectivity index (χ0) is 17.1. The molecule has 2 aromatic rings. The Balaban J connectivity index is 1.99. The van der Waals surface area contributed by atoms with E-state index < -0.39 is 0 Å². The highest BCUT2D eigenvalue weighted by molar-refractivity contribution is 9.10. The summed E-state index contributed by atoms with van der Waals surface area (Å²) in [4.78, 5) is 11.8. The number of hydrogen-bond donors (Lipinski definition) is 0. The summed E-state index contributed by atoms with van der Waals surface area (Å²) < 4.78 is 8.50. The van der Waals surface area contributed by atoms with Gasteiger partial charge in [-0.15, -0.1) is 0 Å². The summed E-state index contributed by atoms with van der Waals surface area (Å²) in [7, 11) is 0. The number of hydrogen-bond acceptors (Lipinski definition) is 2. The summed E-state index contributed by atoms with van der Waals surface area (Å²) in [5.41, 5.74) is 3.92. The quantitative estimate of drug-likeness (QED) is 0.610. The maximum Gasteiger partial charge on any atom is 0.307 e. The molecule has 3 rings (SSSR count). The molecule has 0 N–H and O–H groups in total. The highest BCUT2D eigenvalue weighted by atomic mass is 79.9. The Bertz CT molecular complexity index is 729. The number of carbonyl (C=O) groups excluding carboxylic acids is 1. The van der Waals surface area contributed by atoms with E-state index >= 15 is 0 Å². The van der Waals surface area contributed by atoms with Gasteiger partial charge < -0.3 is 9.30 Å². The van der Waals surface area contributed by atoms with Crippen molar-refractivity contribution in [1.82, 2.24) is 4.57 Å². The molecule has 0 aliphatic heterocycles. The van der Waals surface area contributed by atoms with Crippen LogP contribution in [-0.4, -0.2) is 17.1 Å². The summed E-state index contributed by atoms with van der Waals surface area (Å²) in [6.45, 7) is 5.07. The first-order valence-electron chi connectivity index (χ1n) is 9.05. The fourth-order valence-corrected chi connectivity index (χ4v) is 4.80. The van der Waals surface area contributed by atoms with Crippen LogP contribution in [0.3, 0.4) is 0 Å². The molecule has 1 aromatic heterocycles. The number of nitrogens with zero attached hydrogens (tertiary/aromatic N) is 1. The Labute approximate surface area is 152 Å². The Hall–Kier alpha value is -1.29. The first kappa shape index (κ1) is 17.5. The van der Waals surface area contributed by atoms with Gasteiger partial charge in [-0.3, -0.25) is 4.79 Å².